The first-order valence-corrected chi connectivity index (χ1v) is 3.75. The second kappa shape index (κ2) is 3.85. The van der Waals surface area contributed by atoms with Gasteiger partial charge in [-0.25, -0.2) is 0 Å². The molecule has 0 bridgehead atoms. The minimum atomic E-state index is -1.37. The quantitative estimate of drug-likeness (QED) is 0.555. The van der Waals surface area contributed by atoms with Crippen molar-refractivity contribution < 1.29 is 27.2 Å². The van der Waals surface area contributed by atoms with Gasteiger partial charge in [0.25, 0.3) is 0 Å². The Bertz CT molecular complexity index is 99.6. The molecule has 0 fully saturated rings. The summed E-state index contributed by atoms with van der Waals surface area (Å²) in [7, 11) is 0. The van der Waals surface area contributed by atoms with Gasteiger partial charge in [-0.15, -0.1) is 0 Å². The van der Waals surface area contributed by atoms with Gasteiger partial charge in [-0.1, -0.05) is 0 Å². The van der Waals surface area contributed by atoms with Crippen molar-refractivity contribution in [2.45, 2.75) is 0 Å². The molecule has 0 aromatic rings. The van der Waals surface area contributed by atoms with Crippen LogP contribution in [0.25, 0.3) is 0 Å². The van der Waals surface area contributed by atoms with E-state index in [1.807, 2.05) is 0 Å². The Hall–Kier alpha value is -0.152. The molecule has 0 unspecified atom stereocenters. The van der Waals surface area contributed by atoms with Gasteiger partial charge in [0.05, 0.1) is 0 Å². The monoisotopic (exact) mass is 240 g/mol. The molecule has 0 spiro atoms. The Morgan fingerprint density at radius 1 is 1.20 bits per heavy atom. The Kier molecular flexibility index (Phi) is 3.73. The maximum absolute atomic E-state index is 9.09. The summed E-state index contributed by atoms with van der Waals surface area (Å²) in [5.74, 6) is 0. The van der Waals surface area contributed by atoms with Crippen LogP contribution in [0.4, 0.5) is 0 Å². The number of rotatable bonds is 0. The van der Waals surface area contributed by atoms with Gasteiger partial charge in [0, 0.05) is 0 Å². The summed E-state index contributed by atoms with van der Waals surface area (Å²) < 4.78 is 3.02. The van der Waals surface area contributed by atoms with E-state index in [-0.39, 0.29) is 0 Å². The van der Waals surface area contributed by atoms with Crippen molar-refractivity contribution in [3.63, 3.8) is 0 Å². The molecule has 0 aromatic heterocycles. The first kappa shape index (κ1) is 4.85. The average Bonchev–Trinajstić information content (AvgIpc) is 1.41. The SMILES string of the molecule is O=[C]=[W]=[C]=O. The third kappa shape index (κ3) is 3.85. The van der Waals surface area contributed by atoms with Crippen molar-refractivity contribution in [1.82, 2.24) is 0 Å². The maximum atomic E-state index is 9.09. The van der Waals surface area contributed by atoms with E-state index in [0.29, 0.717) is 0 Å². The van der Waals surface area contributed by atoms with Crippen molar-refractivity contribution in [2.75, 3.05) is 0 Å². The molecule has 5 heavy (non-hydrogen) atoms. The molecule has 0 amide bonds. The number of carbonyl (C=O) groups excluding carboxylic acids is 2. The molecule has 0 saturated heterocycles. The van der Waals surface area contributed by atoms with Crippen LogP contribution in [0.3, 0.4) is 0 Å². The Balaban J connectivity index is 4.38. The molecule has 2 nitrogen and oxygen atoms in total. The van der Waals surface area contributed by atoms with Crippen LogP contribution in [0, 0.1) is 0 Å². The van der Waals surface area contributed by atoms with Gasteiger partial charge in [-0.2, -0.15) is 0 Å². The van der Waals surface area contributed by atoms with Crippen LogP contribution in [0.5, 0.6) is 0 Å². The van der Waals surface area contributed by atoms with Crippen LogP contribution in [0.2, 0.25) is 0 Å². The normalized spacial score (nSPS) is 4.00. The first-order valence-electron chi connectivity index (χ1n) is 0.816. The summed E-state index contributed by atoms with van der Waals surface area (Å²) in [6, 6.07) is 0. The first-order chi connectivity index (χ1) is 2.41. The molecule has 0 radical (unpaired) electrons. The van der Waals surface area contributed by atoms with Crippen LogP contribution in [0.15, 0.2) is 0 Å². The van der Waals surface area contributed by atoms with E-state index < -0.39 is 17.6 Å². The predicted octanol–water partition coefficient (Wildman–Crippen LogP) is -0.797. The van der Waals surface area contributed by atoms with Gasteiger partial charge in [0.1, 0.15) is 0 Å². The van der Waals surface area contributed by atoms with E-state index in [1.165, 1.54) is 8.53 Å². The van der Waals surface area contributed by atoms with Gasteiger partial charge in [0.15, 0.2) is 0 Å². The van der Waals surface area contributed by atoms with Crippen LogP contribution in [-0.4, -0.2) is 8.53 Å². The molecule has 0 saturated carbocycles. The second-order valence-corrected chi connectivity index (χ2v) is 2.20. The zero-order chi connectivity index (χ0) is 4.12. The van der Waals surface area contributed by atoms with E-state index in [0.717, 1.165) is 0 Å². The third-order valence-corrected chi connectivity index (χ3v) is 0.682. The van der Waals surface area contributed by atoms with E-state index in [9.17, 15) is 0 Å². The zero-order valence-electron chi connectivity index (χ0n) is 2.22. The minimum absolute atomic E-state index is 1.37. The second-order valence-electron chi connectivity index (χ2n) is 0.269. The Morgan fingerprint density at radius 3 is 1.60 bits per heavy atom. The molecule has 26 valence electrons. The molecule has 0 atom stereocenters. The van der Waals surface area contributed by atoms with Crippen LogP contribution in [-0.2, 0) is 27.2 Å². The summed E-state index contributed by atoms with van der Waals surface area (Å²) >= 11 is -1.37. The molecule has 0 aliphatic heterocycles. The fraction of sp³-hybridized carbons (Fsp3) is 0. The van der Waals surface area contributed by atoms with E-state index >= 15 is 0 Å². The molecule has 0 heterocycles. The van der Waals surface area contributed by atoms with Gasteiger partial charge in [0.2, 0.25) is 0 Å². The Morgan fingerprint density at radius 2 is 1.60 bits per heavy atom. The van der Waals surface area contributed by atoms with Crippen molar-refractivity contribution in [1.29, 1.82) is 0 Å². The van der Waals surface area contributed by atoms with Crippen LogP contribution in [0.1, 0.15) is 0 Å². The van der Waals surface area contributed by atoms with E-state index in [1.54, 1.807) is 0 Å². The Labute approximate surface area is 36.4 Å². The summed E-state index contributed by atoms with van der Waals surface area (Å²) in [6.45, 7) is 0. The van der Waals surface area contributed by atoms with Crippen molar-refractivity contribution >= 4 is 8.53 Å². The predicted molar refractivity (Wildman–Crippen MR) is 11.4 cm³/mol. The molecule has 3 heteroatoms. The molecule has 0 aromatic carbocycles. The summed E-state index contributed by atoms with van der Waals surface area (Å²) in [5.41, 5.74) is 0. The molecule has 0 aliphatic carbocycles. The van der Waals surface area contributed by atoms with Crippen molar-refractivity contribution in [3.8, 4) is 0 Å². The molecule has 0 rings (SSSR count). The van der Waals surface area contributed by atoms with Gasteiger partial charge in [-0.05, 0) is 0 Å². The molecule has 0 aliphatic rings. The summed E-state index contributed by atoms with van der Waals surface area (Å²) in [5, 5.41) is 0. The number of hydrogen-bond donors (Lipinski definition) is 0. The average molecular weight is 240 g/mol. The third-order valence-electron chi connectivity index (χ3n) is 0.0833. The van der Waals surface area contributed by atoms with Crippen LogP contribution < -0.4 is 0 Å². The van der Waals surface area contributed by atoms with Gasteiger partial charge in [-0.3, -0.25) is 0 Å². The van der Waals surface area contributed by atoms with E-state index in [2.05, 4.69) is 0 Å². The molecular weight excluding hydrogens is 240 g/mol. The molecular formula is C2O2W. The standard InChI is InChI=1S/2CO.W/c2*1-2;. The van der Waals surface area contributed by atoms with Gasteiger partial charge >= 0.3 is 35.8 Å². The van der Waals surface area contributed by atoms with Gasteiger partial charge < -0.3 is 0 Å². The fourth-order valence-electron chi connectivity index (χ4n) is 0.0170. The van der Waals surface area contributed by atoms with Crippen molar-refractivity contribution in [2.24, 2.45) is 0 Å². The summed E-state index contributed by atoms with van der Waals surface area (Å²) in [4.78, 5) is 18.2. The van der Waals surface area contributed by atoms with Crippen LogP contribution >= 0.6 is 0 Å². The summed E-state index contributed by atoms with van der Waals surface area (Å²) in [6.07, 6.45) is 0. The fourth-order valence-corrected chi connectivity index (χ4v) is 0.139. The number of hydrogen-bond acceptors (Lipinski definition) is 2. The molecule has 0 N–H and O–H groups in total. The van der Waals surface area contributed by atoms with Crippen molar-refractivity contribution in [3.05, 3.63) is 0 Å². The topological polar surface area (TPSA) is 34.1 Å². The van der Waals surface area contributed by atoms with E-state index in [4.69, 9.17) is 9.59 Å². The zero-order valence-corrected chi connectivity index (χ0v) is 5.16.